The Morgan fingerprint density at radius 2 is 2.00 bits per heavy atom. The first-order valence-corrected chi connectivity index (χ1v) is 4.22. The first-order chi connectivity index (χ1) is 6.05. The number of hydrogen-bond acceptors (Lipinski definition) is 2. The number of carboxylic acids is 2. The molecule has 0 aromatic heterocycles. The quantitative estimate of drug-likeness (QED) is 0.511. The van der Waals surface area contributed by atoms with Crippen molar-refractivity contribution in [1.29, 1.82) is 0 Å². The van der Waals surface area contributed by atoms with Crippen molar-refractivity contribution in [3.63, 3.8) is 0 Å². The summed E-state index contributed by atoms with van der Waals surface area (Å²) in [6, 6.07) is 0. The summed E-state index contributed by atoms with van der Waals surface area (Å²) in [5.41, 5.74) is -1.12. The van der Waals surface area contributed by atoms with E-state index < -0.39 is 17.4 Å². The minimum Gasteiger partial charge on any atom is -0.480 e. The summed E-state index contributed by atoms with van der Waals surface area (Å²) in [6.07, 6.45) is 2.93. The van der Waals surface area contributed by atoms with E-state index >= 15 is 0 Å². The number of carbonyl (C=O) groups is 2. The topological polar surface area (TPSA) is 74.6 Å². The Hall–Kier alpha value is -1.32. The molecule has 0 bridgehead atoms. The molecule has 0 unspecified atom stereocenters. The smallest absolute Gasteiger partial charge is 0.325 e. The van der Waals surface area contributed by atoms with Crippen molar-refractivity contribution >= 4 is 11.9 Å². The zero-order valence-corrected chi connectivity index (χ0v) is 7.41. The van der Waals surface area contributed by atoms with Crippen LogP contribution in [0.15, 0.2) is 11.6 Å². The Morgan fingerprint density at radius 1 is 1.46 bits per heavy atom. The molecule has 0 saturated carbocycles. The summed E-state index contributed by atoms with van der Waals surface area (Å²) in [5, 5.41) is 17.8. The van der Waals surface area contributed by atoms with E-state index in [1.807, 2.05) is 0 Å². The van der Waals surface area contributed by atoms with Crippen LogP contribution in [0.1, 0.15) is 26.2 Å². The summed E-state index contributed by atoms with van der Waals surface area (Å²) < 4.78 is 0. The van der Waals surface area contributed by atoms with Crippen LogP contribution >= 0.6 is 0 Å². The van der Waals surface area contributed by atoms with E-state index in [2.05, 4.69) is 0 Å². The lowest BCUT2D eigenvalue weighted by molar-refractivity contribution is -0.161. The monoisotopic (exact) mass is 184 g/mol. The van der Waals surface area contributed by atoms with Gasteiger partial charge in [0.2, 0.25) is 0 Å². The largest absolute Gasteiger partial charge is 0.480 e. The van der Waals surface area contributed by atoms with Gasteiger partial charge in [-0.05, 0) is 24.8 Å². The van der Waals surface area contributed by atoms with Crippen LogP contribution in [0.25, 0.3) is 0 Å². The predicted molar refractivity (Wildman–Crippen MR) is 45.3 cm³/mol. The highest BCUT2D eigenvalue weighted by Crippen LogP contribution is 2.41. The van der Waals surface area contributed by atoms with Crippen molar-refractivity contribution in [3.8, 4) is 0 Å². The minimum absolute atomic E-state index is 0.181. The van der Waals surface area contributed by atoms with Crippen molar-refractivity contribution in [3.05, 3.63) is 11.6 Å². The molecule has 72 valence electrons. The van der Waals surface area contributed by atoms with Crippen molar-refractivity contribution in [2.75, 3.05) is 0 Å². The Balaban J connectivity index is 3.13. The fourth-order valence-corrected chi connectivity index (χ4v) is 1.82. The third-order valence-corrected chi connectivity index (χ3v) is 2.57. The molecule has 2 N–H and O–H groups in total. The molecule has 0 saturated heterocycles. The zero-order valence-electron chi connectivity index (χ0n) is 7.41. The first-order valence-electron chi connectivity index (χ1n) is 4.22. The Bertz CT molecular complexity index is 263. The normalized spacial score (nSPS) is 19.6. The molecule has 1 rings (SSSR count). The average molecular weight is 184 g/mol. The van der Waals surface area contributed by atoms with Crippen molar-refractivity contribution in [2.45, 2.75) is 26.2 Å². The Morgan fingerprint density at radius 3 is 2.31 bits per heavy atom. The van der Waals surface area contributed by atoms with Crippen LogP contribution in [0.2, 0.25) is 0 Å². The second kappa shape index (κ2) is 3.20. The van der Waals surface area contributed by atoms with Gasteiger partial charge >= 0.3 is 11.9 Å². The van der Waals surface area contributed by atoms with E-state index in [9.17, 15) is 9.59 Å². The van der Waals surface area contributed by atoms with Crippen LogP contribution in [0.4, 0.5) is 0 Å². The molecule has 13 heavy (non-hydrogen) atoms. The molecule has 1 aliphatic carbocycles. The van der Waals surface area contributed by atoms with Crippen LogP contribution in [-0.4, -0.2) is 22.2 Å². The third-order valence-electron chi connectivity index (χ3n) is 2.57. The molecule has 0 amide bonds. The number of aliphatic carboxylic acids is 2. The molecule has 4 nitrogen and oxygen atoms in total. The highest BCUT2D eigenvalue weighted by Gasteiger charge is 2.50. The van der Waals surface area contributed by atoms with Gasteiger partial charge < -0.3 is 10.2 Å². The predicted octanol–water partition coefficient (Wildman–Crippen LogP) is 1.27. The molecule has 0 fully saturated rings. The fraction of sp³-hybridized carbons (Fsp3) is 0.556. The maximum atomic E-state index is 10.9. The highest BCUT2D eigenvalue weighted by molar-refractivity contribution is 6.02. The van der Waals surface area contributed by atoms with Gasteiger partial charge in [-0.3, -0.25) is 9.59 Å². The Kier molecular flexibility index (Phi) is 2.40. The molecule has 0 heterocycles. The van der Waals surface area contributed by atoms with E-state index in [0.29, 0.717) is 18.4 Å². The highest BCUT2D eigenvalue weighted by atomic mass is 16.4. The Labute approximate surface area is 75.9 Å². The number of rotatable bonds is 3. The van der Waals surface area contributed by atoms with Gasteiger partial charge in [0.25, 0.3) is 0 Å². The molecule has 0 radical (unpaired) electrons. The van der Waals surface area contributed by atoms with E-state index in [1.54, 1.807) is 13.0 Å². The zero-order chi connectivity index (χ0) is 10.1. The average Bonchev–Trinajstić information content (AvgIpc) is 2.47. The molecule has 4 heteroatoms. The molecule has 0 aliphatic heterocycles. The van der Waals surface area contributed by atoms with Gasteiger partial charge in [0.05, 0.1) is 0 Å². The fourth-order valence-electron chi connectivity index (χ4n) is 1.82. The van der Waals surface area contributed by atoms with Crippen LogP contribution in [-0.2, 0) is 9.59 Å². The van der Waals surface area contributed by atoms with Crippen LogP contribution in [0.5, 0.6) is 0 Å². The lowest BCUT2D eigenvalue weighted by Gasteiger charge is -2.21. The first kappa shape index (κ1) is 9.77. The summed E-state index contributed by atoms with van der Waals surface area (Å²) in [5.74, 6) is -2.49. The van der Waals surface area contributed by atoms with Gasteiger partial charge in [-0.15, -0.1) is 0 Å². The summed E-state index contributed by atoms with van der Waals surface area (Å²) in [7, 11) is 0. The minimum atomic E-state index is -1.64. The van der Waals surface area contributed by atoms with Gasteiger partial charge in [-0.2, -0.15) is 0 Å². The van der Waals surface area contributed by atoms with Gasteiger partial charge in [0.1, 0.15) is 0 Å². The van der Waals surface area contributed by atoms with E-state index in [4.69, 9.17) is 10.2 Å². The van der Waals surface area contributed by atoms with Gasteiger partial charge in [0.15, 0.2) is 5.41 Å². The molecular weight excluding hydrogens is 172 g/mol. The van der Waals surface area contributed by atoms with Crippen molar-refractivity contribution < 1.29 is 19.8 Å². The second-order valence-corrected chi connectivity index (χ2v) is 3.14. The maximum Gasteiger partial charge on any atom is 0.325 e. The molecule has 0 aromatic carbocycles. The molecular formula is C9H12O4. The molecule has 0 atom stereocenters. The molecule has 0 aromatic rings. The number of hydrogen-bond donors (Lipinski definition) is 2. The second-order valence-electron chi connectivity index (χ2n) is 3.14. The maximum absolute atomic E-state index is 10.9. The van der Waals surface area contributed by atoms with Crippen LogP contribution in [0, 0.1) is 5.41 Å². The van der Waals surface area contributed by atoms with Gasteiger partial charge in [-0.1, -0.05) is 13.0 Å². The van der Waals surface area contributed by atoms with Gasteiger partial charge in [0, 0.05) is 0 Å². The summed E-state index contributed by atoms with van der Waals surface area (Å²) >= 11 is 0. The van der Waals surface area contributed by atoms with Gasteiger partial charge in [-0.25, -0.2) is 0 Å². The van der Waals surface area contributed by atoms with Crippen molar-refractivity contribution in [1.82, 2.24) is 0 Å². The summed E-state index contributed by atoms with van der Waals surface area (Å²) in [4.78, 5) is 21.8. The van der Waals surface area contributed by atoms with Crippen molar-refractivity contribution in [2.24, 2.45) is 5.41 Å². The standard InChI is InChI=1S/C9H12O4/c1-2-6-4-3-5-9(6,7(10)11)8(12)13/h4H,2-3,5H2,1H3,(H,10,11)(H,12,13). The SMILES string of the molecule is CCC1=CCCC1(C(=O)O)C(=O)O. The van der Waals surface area contributed by atoms with E-state index in [1.165, 1.54) is 0 Å². The van der Waals surface area contributed by atoms with Crippen LogP contribution in [0.3, 0.4) is 0 Å². The van der Waals surface area contributed by atoms with Crippen LogP contribution < -0.4 is 0 Å². The lowest BCUT2D eigenvalue weighted by atomic mass is 9.80. The summed E-state index contributed by atoms with van der Waals surface area (Å²) in [6.45, 7) is 1.78. The number of carboxylic acid groups (broad SMARTS) is 2. The third kappa shape index (κ3) is 1.22. The van der Waals surface area contributed by atoms with E-state index in [0.717, 1.165) is 0 Å². The lowest BCUT2D eigenvalue weighted by Crippen LogP contribution is -2.38. The molecule has 1 aliphatic rings. The van der Waals surface area contributed by atoms with E-state index in [-0.39, 0.29) is 6.42 Å². The number of allylic oxidation sites excluding steroid dienone is 1. The molecule has 0 spiro atoms.